The second-order valence-corrected chi connectivity index (χ2v) is 4.60. The van der Waals surface area contributed by atoms with Gasteiger partial charge in [0.25, 0.3) is 0 Å². The summed E-state index contributed by atoms with van der Waals surface area (Å²) in [5.74, 6) is 0.653. The number of thiocarbonyl (C=S) groups is 1. The van der Waals surface area contributed by atoms with Crippen LogP contribution in [0.3, 0.4) is 0 Å². The Hall–Kier alpha value is -0.640. The Morgan fingerprint density at radius 2 is 2.40 bits per heavy atom. The van der Waals surface area contributed by atoms with Gasteiger partial charge in [-0.05, 0) is 43.8 Å². The molecular formula is C11H21N3S. The van der Waals surface area contributed by atoms with Crippen LogP contribution >= 0.6 is 12.2 Å². The number of hydrogen-bond acceptors (Lipinski definition) is 2. The molecule has 1 fully saturated rings. The van der Waals surface area contributed by atoms with Crippen molar-refractivity contribution in [2.45, 2.75) is 51.9 Å². The molecule has 0 aromatic heterocycles. The number of rotatable bonds is 4. The van der Waals surface area contributed by atoms with E-state index < -0.39 is 0 Å². The predicted molar refractivity (Wildman–Crippen MR) is 68.8 cm³/mol. The molecule has 0 spiro atoms. The molecule has 0 bridgehead atoms. The van der Waals surface area contributed by atoms with Gasteiger partial charge in [0.1, 0.15) is 0 Å². The first-order chi connectivity index (χ1) is 7.24. The summed E-state index contributed by atoms with van der Waals surface area (Å²) in [6.45, 7) is 2.23. The Morgan fingerprint density at radius 1 is 1.60 bits per heavy atom. The van der Waals surface area contributed by atoms with E-state index in [9.17, 15) is 0 Å². The molecule has 0 radical (unpaired) electrons. The van der Waals surface area contributed by atoms with E-state index in [0.717, 1.165) is 6.42 Å². The van der Waals surface area contributed by atoms with Gasteiger partial charge in [-0.25, -0.2) is 0 Å². The molecule has 0 unspecified atom stereocenters. The first kappa shape index (κ1) is 12.4. The van der Waals surface area contributed by atoms with Gasteiger partial charge in [-0.2, -0.15) is 5.10 Å². The summed E-state index contributed by atoms with van der Waals surface area (Å²) >= 11 is 4.75. The van der Waals surface area contributed by atoms with Crippen LogP contribution in [0.5, 0.6) is 0 Å². The highest BCUT2D eigenvalue weighted by molar-refractivity contribution is 7.80. The molecule has 3 nitrogen and oxygen atoms in total. The van der Waals surface area contributed by atoms with Gasteiger partial charge >= 0.3 is 0 Å². The van der Waals surface area contributed by atoms with Crippen LogP contribution in [0.15, 0.2) is 5.10 Å². The van der Waals surface area contributed by atoms with Crippen LogP contribution < -0.4 is 11.2 Å². The molecular weight excluding hydrogens is 206 g/mol. The van der Waals surface area contributed by atoms with Crippen LogP contribution in [0.25, 0.3) is 0 Å². The second-order valence-electron chi connectivity index (χ2n) is 4.16. The minimum absolute atomic E-state index is 0.266. The normalized spacial score (nSPS) is 24.1. The fourth-order valence-corrected chi connectivity index (χ4v) is 2.15. The summed E-state index contributed by atoms with van der Waals surface area (Å²) in [6, 6.07) is 0. The van der Waals surface area contributed by atoms with E-state index in [1.807, 2.05) is 0 Å². The van der Waals surface area contributed by atoms with Crippen LogP contribution in [0, 0.1) is 5.92 Å². The summed E-state index contributed by atoms with van der Waals surface area (Å²) in [6.07, 6.45) is 8.76. The summed E-state index contributed by atoms with van der Waals surface area (Å²) in [7, 11) is 0. The lowest BCUT2D eigenvalue weighted by molar-refractivity contribution is 0.478. The van der Waals surface area contributed by atoms with Crippen molar-refractivity contribution in [1.29, 1.82) is 0 Å². The maximum absolute atomic E-state index is 5.37. The van der Waals surface area contributed by atoms with E-state index in [4.69, 9.17) is 18.0 Å². The number of nitrogens with zero attached hydrogens (tertiary/aromatic N) is 1. The van der Waals surface area contributed by atoms with E-state index in [0.29, 0.717) is 5.92 Å². The van der Waals surface area contributed by atoms with E-state index in [1.54, 1.807) is 0 Å². The standard InChI is InChI=1S/C11H21N3S/c1-2-3-6-9-7-4-5-8-10(9)13-14-11(12)15/h9H,2-8H2,1H3,(H3,12,14,15)/b13-10-/t9-/m0/s1. The Balaban J connectivity index is 2.48. The molecule has 1 aliphatic rings. The zero-order valence-corrected chi connectivity index (χ0v) is 10.3. The predicted octanol–water partition coefficient (Wildman–Crippen LogP) is 2.56. The Kier molecular flexibility index (Phi) is 5.61. The molecule has 1 rings (SSSR count). The third-order valence-corrected chi connectivity index (χ3v) is 3.01. The van der Waals surface area contributed by atoms with Crippen molar-refractivity contribution in [3.8, 4) is 0 Å². The summed E-state index contributed by atoms with van der Waals surface area (Å²) < 4.78 is 0. The first-order valence-corrected chi connectivity index (χ1v) is 6.26. The molecule has 1 atom stereocenters. The van der Waals surface area contributed by atoms with E-state index in [-0.39, 0.29) is 5.11 Å². The third kappa shape index (κ3) is 4.60. The molecule has 4 heteroatoms. The highest BCUT2D eigenvalue weighted by Crippen LogP contribution is 2.25. The maximum atomic E-state index is 5.37. The quantitative estimate of drug-likeness (QED) is 0.573. The van der Waals surface area contributed by atoms with Gasteiger partial charge in [0.15, 0.2) is 5.11 Å². The number of nitrogens with two attached hydrogens (primary N) is 1. The average molecular weight is 227 g/mol. The Labute approximate surface area is 97.5 Å². The van der Waals surface area contributed by atoms with Gasteiger partial charge in [0.2, 0.25) is 0 Å². The van der Waals surface area contributed by atoms with Gasteiger partial charge in [0.05, 0.1) is 0 Å². The number of nitrogens with one attached hydrogen (secondary N) is 1. The molecule has 1 saturated carbocycles. The summed E-state index contributed by atoms with van der Waals surface area (Å²) in [5.41, 5.74) is 9.35. The molecule has 3 N–H and O–H groups in total. The largest absolute Gasteiger partial charge is 0.375 e. The number of hydrazone groups is 1. The van der Waals surface area contributed by atoms with Crippen molar-refractivity contribution in [2.75, 3.05) is 0 Å². The van der Waals surface area contributed by atoms with Crippen molar-refractivity contribution in [2.24, 2.45) is 16.8 Å². The fraction of sp³-hybridized carbons (Fsp3) is 0.818. The van der Waals surface area contributed by atoms with Crippen LogP contribution in [0.4, 0.5) is 0 Å². The molecule has 0 aromatic carbocycles. The van der Waals surface area contributed by atoms with Gasteiger partial charge < -0.3 is 5.73 Å². The first-order valence-electron chi connectivity index (χ1n) is 5.86. The van der Waals surface area contributed by atoms with Gasteiger partial charge in [-0.1, -0.05) is 26.2 Å². The SMILES string of the molecule is CCCC[C@H]1CCCC/C1=N/NC(N)=S. The highest BCUT2D eigenvalue weighted by Gasteiger charge is 2.19. The fourth-order valence-electron chi connectivity index (χ4n) is 2.10. The second kappa shape index (κ2) is 6.77. The van der Waals surface area contributed by atoms with Crippen LogP contribution in [0.1, 0.15) is 51.9 Å². The molecule has 86 valence electrons. The zero-order valence-electron chi connectivity index (χ0n) is 9.46. The molecule has 0 amide bonds. The molecule has 0 aliphatic heterocycles. The Morgan fingerprint density at radius 3 is 3.07 bits per heavy atom. The van der Waals surface area contributed by atoms with Crippen LogP contribution in [0.2, 0.25) is 0 Å². The smallest absolute Gasteiger partial charge is 0.184 e. The van der Waals surface area contributed by atoms with Gasteiger partial charge in [-0.3, -0.25) is 5.43 Å². The minimum atomic E-state index is 0.266. The lowest BCUT2D eigenvalue weighted by atomic mass is 9.84. The van der Waals surface area contributed by atoms with Crippen LogP contribution in [-0.2, 0) is 0 Å². The van der Waals surface area contributed by atoms with Crippen molar-refractivity contribution in [3.05, 3.63) is 0 Å². The number of unbranched alkanes of at least 4 members (excludes halogenated alkanes) is 1. The molecule has 0 heterocycles. The minimum Gasteiger partial charge on any atom is -0.375 e. The topological polar surface area (TPSA) is 50.4 Å². The van der Waals surface area contributed by atoms with E-state index in [2.05, 4.69) is 17.5 Å². The molecule has 0 saturated heterocycles. The average Bonchev–Trinajstić information content (AvgIpc) is 2.24. The van der Waals surface area contributed by atoms with Crippen molar-refractivity contribution in [3.63, 3.8) is 0 Å². The Bertz CT molecular complexity index is 238. The summed E-state index contributed by atoms with van der Waals surface area (Å²) in [5, 5.41) is 4.58. The van der Waals surface area contributed by atoms with Crippen LogP contribution in [-0.4, -0.2) is 10.8 Å². The van der Waals surface area contributed by atoms with E-state index >= 15 is 0 Å². The monoisotopic (exact) mass is 227 g/mol. The zero-order chi connectivity index (χ0) is 11.1. The maximum Gasteiger partial charge on any atom is 0.184 e. The number of hydrogen-bond donors (Lipinski definition) is 2. The molecule has 15 heavy (non-hydrogen) atoms. The van der Waals surface area contributed by atoms with Gasteiger partial charge in [-0.15, -0.1) is 0 Å². The van der Waals surface area contributed by atoms with Crippen molar-refractivity contribution < 1.29 is 0 Å². The molecule has 0 aromatic rings. The van der Waals surface area contributed by atoms with E-state index in [1.165, 1.54) is 44.2 Å². The summed E-state index contributed by atoms with van der Waals surface area (Å²) in [4.78, 5) is 0. The molecule has 1 aliphatic carbocycles. The highest BCUT2D eigenvalue weighted by atomic mass is 32.1. The van der Waals surface area contributed by atoms with Crippen molar-refractivity contribution in [1.82, 2.24) is 5.43 Å². The third-order valence-electron chi connectivity index (χ3n) is 2.92. The van der Waals surface area contributed by atoms with Crippen molar-refractivity contribution >= 4 is 23.0 Å². The van der Waals surface area contributed by atoms with Gasteiger partial charge in [0, 0.05) is 5.71 Å². The lowest BCUT2D eigenvalue weighted by Crippen LogP contribution is -2.28. The lowest BCUT2D eigenvalue weighted by Gasteiger charge is -2.23.